The lowest BCUT2D eigenvalue weighted by atomic mass is 9.67. The van der Waals surface area contributed by atoms with Crippen LogP contribution < -0.4 is 4.90 Å². The largest absolute Gasteiger partial charge is 0.311 e. The number of benzene rings is 14. The molecule has 0 N–H and O–H groups in total. The highest BCUT2D eigenvalue weighted by atomic mass is 15.1. The van der Waals surface area contributed by atoms with Crippen molar-refractivity contribution in [2.75, 3.05) is 4.90 Å². The van der Waals surface area contributed by atoms with Gasteiger partial charge in [-0.2, -0.15) is 0 Å². The summed E-state index contributed by atoms with van der Waals surface area (Å²) >= 11 is 0. The molecule has 0 radical (unpaired) electrons. The van der Waals surface area contributed by atoms with Crippen LogP contribution in [0.4, 0.5) is 17.1 Å². The van der Waals surface area contributed by atoms with Gasteiger partial charge in [-0.15, -0.1) is 0 Å². The molecule has 2 heteroatoms. The molecule has 0 unspecified atom stereocenters. The van der Waals surface area contributed by atoms with Gasteiger partial charge in [0, 0.05) is 33.5 Å². The van der Waals surface area contributed by atoms with Gasteiger partial charge in [-0.05, 0) is 179 Å². The first kappa shape index (κ1) is 49.5. The molecule has 0 atom stereocenters. The lowest BCUT2D eigenvalue weighted by Gasteiger charge is -2.34. The first-order valence-corrected chi connectivity index (χ1v) is 29.9. The Morgan fingerprint density at radius 3 is 1.09 bits per heavy atom. The molecule has 86 heavy (non-hydrogen) atoms. The van der Waals surface area contributed by atoms with E-state index in [2.05, 4.69) is 349 Å². The lowest BCUT2D eigenvalue weighted by molar-refractivity contribution is 0.768. The molecule has 402 valence electrons. The van der Waals surface area contributed by atoms with Crippen LogP contribution >= 0.6 is 0 Å². The molecule has 0 bridgehead atoms. The van der Waals surface area contributed by atoms with Crippen LogP contribution in [0.3, 0.4) is 0 Å². The Morgan fingerprint density at radius 2 is 0.581 bits per heavy atom. The molecule has 1 aromatic heterocycles. The molecular formula is C84H56N2. The van der Waals surface area contributed by atoms with E-state index in [1.54, 1.807) is 0 Å². The Hall–Kier alpha value is -11.1. The zero-order valence-corrected chi connectivity index (χ0v) is 47.2. The third kappa shape index (κ3) is 7.46. The van der Waals surface area contributed by atoms with E-state index in [4.69, 9.17) is 0 Å². The van der Waals surface area contributed by atoms with Crippen molar-refractivity contribution in [1.29, 1.82) is 0 Å². The van der Waals surface area contributed by atoms with Crippen molar-refractivity contribution >= 4 is 49.6 Å². The first-order chi connectivity index (χ1) is 42.6. The van der Waals surface area contributed by atoms with Gasteiger partial charge in [-0.1, -0.05) is 261 Å². The minimum atomic E-state index is -0.517. The van der Waals surface area contributed by atoms with Crippen LogP contribution in [0.1, 0.15) is 44.5 Å². The summed E-state index contributed by atoms with van der Waals surface area (Å²) in [6.45, 7) is 0. The van der Waals surface area contributed by atoms with Crippen molar-refractivity contribution in [1.82, 2.24) is 4.57 Å². The summed E-state index contributed by atoms with van der Waals surface area (Å²) in [4.78, 5) is 2.41. The van der Waals surface area contributed by atoms with Crippen molar-refractivity contribution < 1.29 is 0 Å². The van der Waals surface area contributed by atoms with Crippen molar-refractivity contribution in [3.63, 3.8) is 0 Å². The normalized spacial score (nSPS) is 13.3. The van der Waals surface area contributed by atoms with E-state index in [0.717, 1.165) is 33.9 Å². The van der Waals surface area contributed by atoms with Gasteiger partial charge in [0.2, 0.25) is 0 Å². The third-order valence-electron chi connectivity index (χ3n) is 18.8. The molecule has 0 saturated heterocycles. The van der Waals surface area contributed by atoms with Gasteiger partial charge < -0.3 is 9.47 Å². The summed E-state index contributed by atoms with van der Waals surface area (Å²) in [5.41, 5.74) is 25.8. The summed E-state index contributed by atoms with van der Waals surface area (Å²) in [6, 6.07) is 126. The van der Waals surface area contributed by atoms with Gasteiger partial charge in [0.1, 0.15) is 0 Å². The maximum atomic E-state index is 2.50. The first-order valence-electron chi connectivity index (χ1n) is 29.9. The van der Waals surface area contributed by atoms with E-state index >= 15 is 0 Å². The second-order valence-electron chi connectivity index (χ2n) is 23.1. The van der Waals surface area contributed by atoms with Crippen LogP contribution in [0.25, 0.3) is 82.8 Å². The van der Waals surface area contributed by atoms with E-state index < -0.39 is 10.8 Å². The van der Waals surface area contributed by atoms with E-state index in [9.17, 15) is 0 Å². The minimum Gasteiger partial charge on any atom is -0.311 e. The molecule has 17 rings (SSSR count). The number of para-hydroxylation sites is 1. The quantitative estimate of drug-likeness (QED) is 0.132. The summed E-state index contributed by atoms with van der Waals surface area (Å²) in [5.74, 6) is 0. The maximum absolute atomic E-state index is 2.50. The predicted octanol–water partition coefficient (Wildman–Crippen LogP) is 21.5. The number of nitrogens with zero attached hydrogens (tertiary/aromatic N) is 2. The Kier molecular flexibility index (Phi) is 11.4. The van der Waals surface area contributed by atoms with Gasteiger partial charge in [0.25, 0.3) is 0 Å². The van der Waals surface area contributed by atoms with Gasteiger partial charge in [-0.3, -0.25) is 0 Å². The Bertz CT molecular complexity index is 4990. The lowest BCUT2D eigenvalue weighted by Crippen LogP contribution is -2.28. The average Bonchev–Trinajstić information content (AvgIpc) is 1.81. The van der Waals surface area contributed by atoms with Crippen LogP contribution in [-0.2, 0) is 10.8 Å². The van der Waals surface area contributed by atoms with Gasteiger partial charge >= 0.3 is 0 Å². The highest BCUT2D eigenvalue weighted by Gasteiger charge is 2.47. The molecule has 15 aromatic rings. The summed E-state index contributed by atoms with van der Waals surface area (Å²) in [6.07, 6.45) is 0. The molecule has 2 nitrogen and oxygen atoms in total. The standard InChI is InChI=1S/C84H56N2/c1-4-22-63(23-5-1)83(77-32-16-12-28-71(77)72-29-13-17-33-78(72)83)65-43-50-70(51-44-65)85(68-46-38-58(39-47-68)61-37-36-57-20-10-11-21-60(57)54-61)69-48-40-59(41-49-69)62-42-52-81-75(55-62)76-56-66(45-53-82(76)86(81)67-26-8-3-9-27-67)84(64-24-6-2-7-25-64)79-34-18-14-30-73(79)74-31-15-19-35-80(74)84/h1-56H. The molecule has 0 fully saturated rings. The van der Waals surface area contributed by atoms with E-state index in [-0.39, 0.29) is 0 Å². The zero-order valence-electron chi connectivity index (χ0n) is 47.2. The van der Waals surface area contributed by atoms with E-state index in [0.29, 0.717) is 0 Å². The number of hydrogen-bond donors (Lipinski definition) is 0. The Balaban J connectivity index is 0.805. The van der Waals surface area contributed by atoms with Crippen LogP contribution in [0.15, 0.2) is 340 Å². The molecule has 0 aliphatic heterocycles. The molecule has 2 aliphatic rings. The molecule has 1 heterocycles. The highest BCUT2D eigenvalue weighted by molar-refractivity contribution is 6.11. The number of fused-ring (bicyclic) bond motifs is 10. The molecule has 0 saturated carbocycles. The Labute approximate surface area is 501 Å². The molecule has 0 spiro atoms. The van der Waals surface area contributed by atoms with Gasteiger partial charge in [-0.25, -0.2) is 0 Å². The van der Waals surface area contributed by atoms with Crippen molar-refractivity contribution in [2.45, 2.75) is 10.8 Å². The monoisotopic (exact) mass is 1090 g/mol. The summed E-state index contributed by atoms with van der Waals surface area (Å²) in [7, 11) is 0. The predicted molar refractivity (Wildman–Crippen MR) is 358 cm³/mol. The maximum Gasteiger partial charge on any atom is 0.0713 e. The second-order valence-corrected chi connectivity index (χ2v) is 23.1. The zero-order chi connectivity index (χ0) is 56.8. The highest BCUT2D eigenvalue weighted by Crippen LogP contribution is 2.58. The smallest absolute Gasteiger partial charge is 0.0713 e. The van der Waals surface area contributed by atoms with Crippen LogP contribution in [0.2, 0.25) is 0 Å². The summed E-state index contributed by atoms with van der Waals surface area (Å²) in [5, 5.41) is 4.91. The molecule has 2 aliphatic carbocycles. The van der Waals surface area contributed by atoms with Crippen LogP contribution in [0, 0.1) is 0 Å². The van der Waals surface area contributed by atoms with Gasteiger partial charge in [0.15, 0.2) is 0 Å². The number of anilines is 3. The SMILES string of the molecule is c1ccc(-n2c3ccc(-c4ccc(N(c5ccc(-c6ccc7ccccc7c6)cc5)c5ccc(C6(c7ccccc7)c7ccccc7-c7ccccc76)cc5)cc4)cc3c3cc(C4(c5ccccc5)c5ccccc5-c5ccccc54)ccc32)cc1. The third-order valence-corrected chi connectivity index (χ3v) is 18.8. The van der Waals surface area contributed by atoms with Crippen molar-refractivity contribution in [3.8, 4) is 50.2 Å². The molecular weight excluding hydrogens is 1040 g/mol. The van der Waals surface area contributed by atoms with Crippen molar-refractivity contribution in [3.05, 3.63) is 384 Å². The van der Waals surface area contributed by atoms with Crippen LogP contribution in [0.5, 0.6) is 0 Å². The average molecular weight is 1090 g/mol. The summed E-state index contributed by atoms with van der Waals surface area (Å²) < 4.78 is 2.44. The number of hydrogen-bond acceptors (Lipinski definition) is 1. The fourth-order valence-electron chi connectivity index (χ4n) is 15.0. The van der Waals surface area contributed by atoms with Crippen molar-refractivity contribution in [2.24, 2.45) is 0 Å². The molecule has 14 aromatic carbocycles. The molecule has 0 amide bonds. The topological polar surface area (TPSA) is 8.17 Å². The number of aromatic nitrogens is 1. The van der Waals surface area contributed by atoms with E-state index in [1.807, 2.05) is 0 Å². The van der Waals surface area contributed by atoms with E-state index in [1.165, 1.54) is 110 Å². The van der Waals surface area contributed by atoms with Crippen LogP contribution in [-0.4, -0.2) is 4.57 Å². The Morgan fingerprint density at radius 1 is 0.233 bits per heavy atom. The number of rotatable bonds is 10. The fourth-order valence-corrected chi connectivity index (χ4v) is 15.0. The fraction of sp³-hybridized carbons (Fsp3) is 0.0238. The second kappa shape index (κ2) is 19.8. The van der Waals surface area contributed by atoms with Gasteiger partial charge in [0.05, 0.1) is 21.9 Å². The minimum absolute atomic E-state index is 0.492.